The van der Waals surface area contributed by atoms with Crippen molar-refractivity contribution in [3.8, 4) is 0 Å². The van der Waals surface area contributed by atoms with Crippen LogP contribution >= 0.6 is 15.9 Å². The first-order chi connectivity index (χ1) is 12.5. The second kappa shape index (κ2) is 9.07. The van der Waals surface area contributed by atoms with Crippen molar-refractivity contribution in [3.05, 3.63) is 34.3 Å². The van der Waals surface area contributed by atoms with Gasteiger partial charge < -0.3 is 14.5 Å². The number of ether oxygens (including phenoxy) is 1. The number of nitrogens with one attached hydrogen (secondary N) is 1. The Kier molecular flexibility index (Phi) is 7.52. The first kappa shape index (κ1) is 22.4. The van der Waals surface area contributed by atoms with E-state index in [2.05, 4.69) is 60.0 Å². The summed E-state index contributed by atoms with van der Waals surface area (Å²) < 4.78 is 13.2. The van der Waals surface area contributed by atoms with E-state index in [0.717, 1.165) is 29.5 Å². The average molecular weight is 457 g/mol. The molecule has 0 spiro atoms. The lowest BCUT2D eigenvalue weighted by molar-refractivity contribution is 0.0731. The second-order valence-electron chi connectivity index (χ2n) is 8.75. The van der Waals surface area contributed by atoms with Crippen LogP contribution in [0, 0.1) is 0 Å². The zero-order valence-corrected chi connectivity index (χ0v) is 19.9. The lowest BCUT2D eigenvalue weighted by Gasteiger charge is -2.38. The maximum atomic E-state index is 11.8. The molecule has 0 saturated carbocycles. The molecule has 1 unspecified atom stereocenters. The molecule has 1 aromatic rings. The van der Waals surface area contributed by atoms with E-state index in [4.69, 9.17) is 9.16 Å². The summed E-state index contributed by atoms with van der Waals surface area (Å²) in [7, 11) is -0.188. The highest BCUT2D eigenvalue weighted by Crippen LogP contribution is 2.38. The topological polar surface area (TPSA) is 50.8 Å². The summed E-state index contributed by atoms with van der Waals surface area (Å²) in [5.41, 5.74) is 0.988. The van der Waals surface area contributed by atoms with Crippen LogP contribution in [0.15, 0.2) is 28.7 Å². The summed E-state index contributed by atoms with van der Waals surface area (Å²) in [6.07, 6.45) is 0.564. The lowest BCUT2D eigenvalue weighted by atomic mass is 10.1. The van der Waals surface area contributed by atoms with Gasteiger partial charge in [-0.05, 0) is 42.2 Å². The normalized spacial score (nSPS) is 19.7. The van der Waals surface area contributed by atoms with Crippen LogP contribution in [0.2, 0.25) is 18.1 Å². The number of carbonyl (C=O) groups excluding carboxylic acids is 1. The van der Waals surface area contributed by atoms with Gasteiger partial charge >= 0.3 is 6.09 Å². The van der Waals surface area contributed by atoms with Gasteiger partial charge in [0.15, 0.2) is 8.32 Å². The maximum Gasteiger partial charge on any atom is 0.407 e. The van der Waals surface area contributed by atoms with E-state index in [0.29, 0.717) is 6.54 Å². The summed E-state index contributed by atoms with van der Waals surface area (Å²) in [5, 5.41) is 2.76. The zero-order valence-electron chi connectivity index (χ0n) is 17.3. The molecule has 1 saturated heterocycles. The Morgan fingerprint density at radius 1 is 1.41 bits per heavy atom. The van der Waals surface area contributed by atoms with E-state index >= 15 is 0 Å². The summed E-state index contributed by atoms with van der Waals surface area (Å²) in [6.45, 7) is 13.9. The second-order valence-corrected chi connectivity index (χ2v) is 14.4. The van der Waals surface area contributed by atoms with Crippen molar-refractivity contribution in [1.82, 2.24) is 10.2 Å². The van der Waals surface area contributed by atoms with Crippen LogP contribution in [-0.2, 0) is 9.16 Å². The fraction of sp³-hybridized carbons (Fsp3) is 0.650. The summed E-state index contributed by atoms with van der Waals surface area (Å²) in [6, 6.07) is 7.94. The molecule has 27 heavy (non-hydrogen) atoms. The molecule has 152 valence electrons. The molecular formula is C20H33BrN2O3Si. The zero-order chi connectivity index (χ0) is 20.2. The molecule has 1 aliphatic heterocycles. The Balaban J connectivity index is 2.03. The quantitative estimate of drug-likeness (QED) is 0.615. The Hall–Kier alpha value is -0.893. The molecule has 1 heterocycles. The van der Waals surface area contributed by atoms with E-state index < -0.39 is 14.4 Å². The maximum absolute atomic E-state index is 11.8. The lowest BCUT2D eigenvalue weighted by Crippen LogP contribution is -2.44. The van der Waals surface area contributed by atoms with Crippen LogP contribution in [0.1, 0.15) is 38.9 Å². The van der Waals surface area contributed by atoms with Crippen molar-refractivity contribution < 1.29 is 14.0 Å². The minimum atomic E-state index is -1.77. The van der Waals surface area contributed by atoms with E-state index in [1.54, 1.807) is 7.05 Å². The highest BCUT2D eigenvalue weighted by Gasteiger charge is 2.40. The Morgan fingerprint density at radius 2 is 2.11 bits per heavy atom. The van der Waals surface area contributed by atoms with Crippen molar-refractivity contribution >= 4 is 30.3 Å². The molecule has 0 radical (unpaired) electrons. The van der Waals surface area contributed by atoms with Crippen molar-refractivity contribution in [2.45, 2.75) is 57.5 Å². The first-order valence-electron chi connectivity index (χ1n) is 9.56. The van der Waals surface area contributed by atoms with Gasteiger partial charge in [0.1, 0.15) is 6.10 Å². The fourth-order valence-electron chi connectivity index (χ4n) is 2.99. The largest absolute Gasteiger partial charge is 0.440 e. The fourth-order valence-corrected chi connectivity index (χ4v) is 4.79. The van der Waals surface area contributed by atoms with Crippen LogP contribution in [0.5, 0.6) is 0 Å². The smallest absolute Gasteiger partial charge is 0.407 e. The Labute approximate surface area is 173 Å². The highest BCUT2D eigenvalue weighted by molar-refractivity contribution is 9.10. The van der Waals surface area contributed by atoms with E-state index in [-0.39, 0.29) is 17.2 Å². The van der Waals surface area contributed by atoms with Crippen molar-refractivity contribution in [1.29, 1.82) is 0 Å². The minimum absolute atomic E-state index is 0.210. The van der Waals surface area contributed by atoms with Crippen LogP contribution in [0.4, 0.5) is 4.79 Å². The Bertz CT molecular complexity index is 648. The molecule has 1 fully saturated rings. The average Bonchev–Trinajstić information content (AvgIpc) is 2.99. The van der Waals surface area contributed by atoms with Gasteiger partial charge in [-0.3, -0.25) is 4.90 Å². The monoisotopic (exact) mass is 456 g/mol. The van der Waals surface area contributed by atoms with Crippen LogP contribution in [0.25, 0.3) is 0 Å². The number of alkyl carbamates (subject to hydrolysis) is 1. The number of hydrogen-bond donors (Lipinski definition) is 1. The van der Waals surface area contributed by atoms with Gasteiger partial charge in [-0.25, -0.2) is 4.79 Å². The van der Waals surface area contributed by atoms with Gasteiger partial charge in [0.2, 0.25) is 0 Å². The Morgan fingerprint density at radius 3 is 2.70 bits per heavy atom. The third-order valence-electron chi connectivity index (χ3n) is 5.59. The third kappa shape index (κ3) is 6.31. The highest BCUT2D eigenvalue weighted by atomic mass is 79.9. The van der Waals surface area contributed by atoms with Gasteiger partial charge in [0, 0.05) is 31.2 Å². The van der Waals surface area contributed by atoms with Crippen LogP contribution < -0.4 is 5.32 Å². The standard InChI is InChI=1S/C20H33BrN2O3Si/c1-20(2,3)27(5,6)26-17-10-11-23(13-17)14-18(25-19(24)22-4)15-8-7-9-16(21)12-15/h7-9,12,17-18H,10-11,13-14H2,1-6H3,(H,22,24)/t17-,18?/m0/s1. The summed E-state index contributed by atoms with van der Waals surface area (Å²) in [5.74, 6) is 0. The molecule has 1 aromatic carbocycles. The molecule has 1 aliphatic rings. The third-order valence-corrected chi connectivity index (χ3v) is 10.6. The molecule has 0 bridgehead atoms. The number of likely N-dealkylation sites (tertiary alicyclic amines) is 1. The molecule has 1 amide bonds. The van der Waals surface area contributed by atoms with Gasteiger partial charge in [0.05, 0.1) is 6.10 Å². The number of halogens is 1. The van der Waals surface area contributed by atoms with E-state index in [1.807, 2.05) is 24.3 Å². The summed E-state index contributed by atoms with van der Waals surface area (Å²) >= 11 is 3.50. The van der Waals surface area contributed by atoms with Crippen LogP contribution in [-0.4, -0.2) is 52.1 Å². The predicted molar refractivity (Wildman–Crippen MR) is 116 cm³/mol. The van der Waals surface area contributed by atoms with Crippen molar-refractivity contribution in [3.63, 3.8) is 0 Å². The molecule has 0 aliphatic carbocycles. The number of benzene rings is 1. The van der Waals surface area contributed by atoms with Gasteiger partial charge in [-0.15, -0.1) is 0 Å². The minimum Gasteiger partial charge on any atom is -0.440 e. The van der Waals surface area contributed by atoms with E-state index in [1.165, 1.54) is 0 Å². The van der Waals surface area contributed by atoms with Gasteiger partial charge in [-0.2, -0.15) is 0 Å². The number of amides is 1. The SMILES string of the molecule is CNC(=O)OC(CN1CC[C@H](O[Si](C)(C)C(C)(C)C)C1)c1cccc(Br)c1. The predicted octanol–water partition coefficient (Wildman–Crippen LogP) is 4.94. The molecule has 7 heteroatoms. The number of carbonyl (C=O) groups is 1. The molecule has 1 N–H and O–H groups in total. The number of nitrogens with zero attached hydrogens (tertiary/aromatic N) is 1. The molecule has 2 atom stereocenters. The number of rotatable bonds is 6. The van der Waals surface area contributed by atoms with Crippen molar-refractivity contribution in [2.75, 3.05) is 26.7 Å². The molecular weight excluding hydrogens is 424 g/mol. The van der Waals surface area contributed by atoms with E-state index in [9.17, 15) is 4.79 Å². The molecule has 0 aromatic heterocycles. The summed E-state index contributed by atoms with van der Waals surface area (Å²) in [4.78, 5) is 14.2. The van der Waals surface area contributed by atoms with Crippen molar-refractivity contribution in [2.24, 2.45) is 0 Å². The first-order valence-corrected chi connectivity index (χ1v) is 13.3. The van der Waals surface area contributed by atoms with Gasteiger partial charge in [-0.1, -0.05) is 48.8 Å². The molecule has 2 rings (SSSR count). The number of hydrogen-bond acceptors (Lipinski definition) is 4. The molecule has 5 nitrogen and oxygen atoms in total. The van der Waals surface area contributed by atoms with Gasteiger partial charge in [0.25, 0.3) is 0 Å². The van der Waals surface area contributed by atoms with Crippen LogP contribution in [0.3, 0.4) is 0 Å².